The topological polar surface area (TPSA) is 110 Å². The van der Waals surface area contributed by atoms with Crippen molar-refractivity contribution in [3.63, 3.8) is 0 Å². The smallest absolute Gasteiger partial charge is 0.261 e. The molecule has 7 nitrogen and oxygen atoms in total. The number of thiazole rings is 1. The number of aromatic nitrogens is 1. The maximum absolute atomic E-state index is 14.3. The standard InChI is InChI=1S/C22H16ClF2N5O2S2/c1-12-5-7-16(34(31,32)30-15-4-2-3-13(23)9-15)11-19(12)28-29-21-20(27-22(26)33-21)17-10-14(24)6-8-18(17)25/h2-11,30H,1H3,(H2,26,27). The van der Waals surface area contributed by atoms with Gasteiger partial charge in [-0.05, 0) is 61.0 Å². The number of azo groups is 1. The van der Waals surface area contributed by atoms with E-state index in [0.29, 0.717) is 16.3 Å². The van der Waals surface area contributed by atoms with E-state index in [1.165, 1.54) is 18.2 Å². The molecule has 12 heteroatoms. The highest BCUT2D eigenvalue weighted by Crippen LogP contribution is 2.39. The minimum absolute atomic E-state index is 0.0345. The molecular formula is C22H16ClF2N5O2S2. The van der Waals surface area contributed by atoms with Gasteiger partial charge in [-0.2, -0.15) is 0 Å². The molecule has 0 unspecified atom stereocenters. The predicted molar refractivity (Wildman–Crippen MR) is 129 cm³/mol. The molecule has 0 radical (unpaired) electrons. The van der Waals surface area contributed by atoms with E-state index >= 15 is 0 Å². The van der Waals surface area contributed by atoms with E-state index < -0.39 is 21.7 Å². The molecule has 0 saturated heterocycles. The van der Waals surface area contributed by atoms with Crippen LogP contribution in [0.15, 0.2) is 75.8 Å². The molecule has 0 aliphatic carbocycles. The zero-order valence-electron chi connectivity index (χ0n) is 17.5. The van der Waals surface area contributed by atoms with Crippen LogP contribution in [0.1, 0.15) is 5.56 Å². The number of hydrogen-bond donors (Lipinski definition) is 2. The maximum atomic E-state index is 14.3. The van der Waals surface area contributed by atoms with E-state index in [4.69, 9.17) is 17.3 Å². The zero-order chi connectivity index (χ0) is 24.5. The molecule has 174 valence electrons. The second kappa shape index (κ2) is 9.45. The van der Waals surface area contributed by atoms with E-state index in [2.05, 4.69) is 19.9 Å². The molecule has 1 aromatic heterocycles. The van der Waals surface area contributed by atoms with E-state index in [9.17, 15) is 17.2 Å². The molecule has 0 aliphatic rings. The first-order valence-electron chi connectivity index (χ1n) is 9.65. The monoisotopic (exact) mass is 519 g/mol. The first-order chi connectivity index (χ1) is 16.1. The van der Waals surface area contributed by atoms with Gasteiger partial charge in [0, 0.05) is 10.6 Å². The van der Waals surface area contributed by atoms with Gasteiger partial charge in [0.25, 0.3) is 10.0 Å². The van der Waals surface area contributed by atoms with Crippen LogP contribution in [0.3, 0.4) is 0 Å². The lowest BCUT2D eigenvalue weighted by atomic mass is 10.1. The van der Waals surface area contributed by atoms with Gasteiger partial charge in [-0.3, -0.25) is 4.72 Å². The second-order valence-corrected chi connectivity index (χ2v) is 10.2. The quantitative estimate of drug-likeness (QED) is 0.271. The Morgan fingerprint density at radius 1 is 1.06 bits per heavy atom. The number of rotatable bonds is 6. The van der Waals surface area contributed by atoms with Gasteiger partial charge in [-0.25, -0.2) is 22.2 Å². The number of hydrogen-bond acceptors (Lipinski definition) is 7. The summed E-state index contributed by atoms with van der Waals surface area (Å²) in [6.45, 7) is 1.73. The number of sulfonamides is 1. The summed E-state index contributed by atoms with van der Waals surface area (Å²) in [5.41, 5.74) is 6.89. The fourth-order valence-corrected chi connectivity index (χ4v) is 4.91. The molecule has 34 heavy (non-hydrogen) atoms. The molecule has 0 bridgehead atoms. The highest BCUT2D eigenvalue weighted by atomic mass is 35.5. The molecule has 0 aliphatic heterocycles. The molecule has 0 saturated carbocycles. The highest BCUT2D eigenvalue weighted by Gasteiger charge is 2.18. The fraction of sp³-hybridized carbons (Fsp3) is 0.0455. The summed E-state index contributed by atoms with van der Waals surface area (Å²) in [4.78, 5) is 4.00. The predicted octanol–water partition coefficient (Wildman–Crippen LogP) is 6.85. The number of nitrogens with one attached hydrogen (secondary N) is 1. The van der Waals surface area contributed by atoms with Crippen molar-refractivity contribution < 1.29 is 17.2 Å². The lowest BCUT2D eigenvalue weighted by molar-refractivity contribution is 0.601. The van der Waals surface area contributed by atoms with Gasteiger partial charge < -0.3 is 5.73 Å². The fourth-order valence-electron chi connectivity index (χ4n) is 2.98. The SMILES string of the molecule is Cc1ccc(S(=O)(=O)Nc2cccc(Cl)c2)cc1N=Nc1sc(N)nc1-c1cc(F)ccc1F. The van der Waals surface area contributed by atoms with Crippen molar-refractivity contribution in [1.29, 1.82) is 0 Å². The van der Waals surface area contributed by atoms with Crippen LogP contribution in [0.5, 0.6) is 0 Å². The van der Waals surface area contributed by atoms with E-state index in [1.807, 2.05) is 0 Å². The van der Waals surface area contributed by atoms with Crippen LogP contribution in [0, 0.1) is 18.6 Å². The first kappa shape index (κ1) is 23.7. The highest BCUT2D eigenvalue weighted by molar-refractivity contribution is 7.92. The van der Waals surface area contributed by atoms with Crippen molar-refractivity contribution in [1.82, 2.24) is 4.98 Å². The Balaban J connectivity index is 1.68. The summed E-state index contributed by atoms with van der Waals surface area (Å²) >= 11 is 6.86. The first-order valence-corrected chi connectivity index (χ1v) is 12.3. The molecule has 3 N–H and O–H groups in total. The van der Waals surface area contributed by atoms with Crippen LogP contribution < -0.4 is 10.5 Å². The Labute approximate surface area is 203 Å². The van der Waals surface area contributed by atoms with Gasteiger partial charge in [0.15, 0.2) is 10.1 Å². The Kier molecular flexibility index (Phi) is 6.60. The molecule has 1 heterocycles. The number of nitrogen functional groups attached to an aromatic ring is 1. The lowest BCUT2D eigenvalue weighted by Crippen LogP contribution is -2.12. The minimum Gasteiger partial charge on any atom is -0.375 e. The van der Waals surface area contributed by atoms with Crippen LogP contribution in [0.2, 0.25) is 5.02 Å². The van der Waals surface area contributed by atoms with Gasteiger partial charge in [-0.1, -0.05) is 35.1 Å². The third kappa shape index (κ3) is 5.22. The van der Waals surface area contributed by atoms with Gasteiger partial charge in [0.05, 0.1) is 16.3 Å². The molecule has 0 amide bonds. The molecule has 4 aromatic rings. The lowest BCUT2D eigenvalue weighted by Gasteiger charge is -2.09. The van der Waals surface area contributed by atoms with Crippen molar-refractivity contribution in [2.75, 3.05) is 10.5 Å². The second-order valence-electron chi connectivity index (χ2n) is 7.09. The van der Waals surface area contributed by atoms with Gasteiger partial charge in [-0.15, -0.1) is 10.2 Å². The number of benzene rings is 3. The number of aryl methyl sites for hydroxylation is 1. The number of nitrogens with zero attached hydrogens (tertiary/aromatic N) is 3. The van der Waals surface area contributed by atoms with E-state index in [1.54, 1.807) is 31.2 Å². The third-order valence-corrected chi connectivity index (χ3v) is 7.01. The largest absolute Gasteiger partial charge is 0.375 e. The summed E-state index contributed by atoms with van der Waals surface area (Å²) < 4.78 is 56.0. The van der Waals surface area contributed by atoms with Crippen LogP contribution in [-0.2, 0) is 10.0 Å². The van der Waals surface area contributed by atoms with Gasteiger partial charge >= 0.3 is 0 Å². The van der Waals surface area contributed by atoms with Gasteiger partial charge in [0.1, 0.15) is 17.3 Å². The summed E-state index contributed by atoms with van der Waals surface area (Å²) in [5.74, 6) is -1.34. The van der Waals surface area contributed by atoms with Crippen molar-refractivity contribution in [3.8, 4) is 11.3 Å². The maximum Gasteiger partial charge on any atom is 0.261 e. The average Bonchev–Trinajstić information content (AvgIpc) is 3.14. The normalized spacial score (nSPS) is 11.8. The zero-order valence-corrected chi connectivity index (χ0v) is 19.8. The van der Waals surface area contributed by atoms with Gasteiger partial charge in [0.2, 0.25) is 0 Å². The number of anilines is 2. The summed E-state index contributed by atoms with van der Waals surface area (Å²) in [6.07, 6.45) is 0. The summed E-state index contributed by atoms with van der Waals surface area (Å²) in [6, 6.07) is 13.6. The Hall–Kier alpha value is -3.41. The van der Waals surface area contributed by atoms with Crippen molar-refractivity contribution >= 4 is 54.5 Å². The number of nitrogens with two attached hydrogens (primary N) is 1. The molecule has 3 aromatic carbocycles. The molecule has 0 fully saturated rings. The minimum atomic E-state index is -3.94. The van der Waals surface area contributed by atoms with E-state index in [-0.39, 0.29) is 32.0 Å². The summed E-state index contributed by atoms with van der Waals surface area (Å²) in [5, 5.41) is 8.85. The van der Waals surface area contributed by atoms with Crippen molar-refractivity contribution in [2.24, 2.45) is 10.2 Å². The summed E-state index contributed by atoms with van der Waals surface area (Å²) in [7, 11) is -3.94. The van der Waals surface area contributed by atoms with Crippen LogP contribution in [-0.4, -0.2) is 13.4 Å². The Morgan fingerprint density at radius 3 is 2.62 bits per heavy atom. The average molecular weight is 520 g/mol. The molecule has 4 rings (SSSR count). The van der Waals surface area contributed by atoms with E-state index in [0.717, 1.165) is 29.5 Å². The van der Waals surface area contributed by atoms with Crippen LogP contribution >= 0.6 is 22.9 Å². The third-order valence-electron chi connectivity index (χ3n) is 4.63. The molecular weight excluding hydrogens is 504 g/mol. The van der Waals surface area contributed by atoms with Crippen molar-refractivity contribution in [3.05, 3.63) is 82.9 Å². The van der Waals surface area contributed by atoms with Crippen LogP contribution in [0.25, 0.3) is 11.3 Å². The Morgan fingerprint density at radius 2 is 1.85 bits per heavy atom. The molecule has 0 atom stereocenters. The van der Waals surface area contributed by atoms with Crippen LogP contribution in [0.4, 0.5) is 30.3 Å². The van der Waals surface area contributed by atoms with Crippen molar-refractivity contribution in [2.45, 2.75) is 11.8 Å². The molecule has 0 spiro atoms. The number of halogens is 3. The Bertz CT molecular complexity index is 1520.